The topological polar surface area (TPSA) is 58.6 Å². The summed E-state index contributed by atoms with van der Waals surface area (Å²) in [5.41, 5.74) is 0. The van der Waals surface area contributed by atoms with Crippen LogP contribution in [0.2, 0.25) is 0 Å². The lowest BCUT2D eigenvalue weighted by molar-refractivity contribution is 0.0432. The average molecular weight is 209 g/mol. The molecule has 2 N–H and O–H groups in total. The normalized spacial score (nSPS) is 15.6. The van der Waals surface area contributed by atoms with E-state index >= 15 is 0 Å². The van der Waals surface area contributed by atoms with Gasteiger partial charge in [-0.3, -0.25) is 4.21 Å². The minimum absolute atomic E-state index is 0.360. The van der Waals surface area contributed by atoms with Gasteiger partial charge in [-0.2, -0.15) is 0 Å². The Bertz CT molecular complexity index is 143. The van der Waals surface area contributed by atoms with E-state index in [0.29, 0.717) is 32.1 Å². The molecule has 0 aliphatic rings. The Kier molecular flexibility index (Phi) is 8.64. The second-order valence-electron chi connectivity index (χ2n) is 2.79. The van der Waals surface area contributed by atoms with E-state index in [4.69, 9.17) is 4.74 Å². The third kappa shape index (κ3) is 9.95. The number of nitrogens with one attached hydrogen (secondary N) is 1. The predicted molar refractivity (Wildman–Crippen MR) is 54.3 cm³/mol. The van der Waals surface area contributed by atoms with E-state index in [-0.39, 0.29) is 0 Å². The van der Waals surface area contributed by atoms with Crippen molar-refractivity contribution in [1.29, 1.82) is 0 Å². The summed E-state index contributed by atoms with van der Waals surface area (Å²) in [5, 5.41) is 12.3. The molecule has 2 atom stereocenters. The highest BCUT2D eigenvalue weighted by Gasteiger charge is 2.02. The molecule has 0 fully saturated rings. The Labute approximate surface area is 82.1 Å². The summed E-state index contributed by atoms with van der Waals surface area (Å²) >= 11 is 0. The first-order valence-electron chi connectivity index (χ1n) is 4.43. The first kappa shape index (κ1) is 13.0. The summed E-state index contributed by atoms with van der Waals surface area (Å²) < 4.78 is 15.7. The van der Waals surface area contributed by atoms with Crippen LogP contribution >= 0.6 is 0 Å². The maximum absolute atomic E-state index is 10.6. The number of aliphatic hydroxyl groups excluding tert-OH is 1. The number of aliphatic hydroxyl groups is 1. The van der Waals surface area contributed by atoms with E-state index in [2.05, 4.69) is 5.32 Å². The van der Waals surface area contributed by atoms with Crippen molar-refractivity contribution in [1.82, 2.24) is 5.32 Å². The molecule has 13 heavy (non-hydrogen) atoms. The molecule has 0 radical (unpaired) electrons. The van der Waals surface area contributed by atoms with Gasteiger partial charge in [0.25, 0.3) is 0 Å². The van der Waals surface area contributed by atoms with Crippen LogP contribution in [0.1, 0.15) is 6.92 Å². The molecule has 0 rings (SSSR count). The highest BCUT2D eigenvalue weighted by molar-refractivity contribution is 7.84. The van der Waals surface area contributed by atoms with E-state index in [1.54, 1.807) is 6.26 Å². The van der Waals surface area contributed by atoms with Gasteiger partial charge in [-0.05, 0) is 6.92 Å². The van der Waals surface area contributed by atoms with Crippen molar-refractivity contribution in [2.75, 3.05) is 38.3 Å². The molecule has 0 aliphatic heterocycles. The van der Waals surface area contributed by atoms with Gasteiger partial charge in [-0.15, -0.1) is 0 Å². The Hall–Kier alpha value is 0.0300. The van der Waals surface area contributed by atoms with Crippen LogP contribution in [0.15, 0.2) is 0 Å². The molecular weight excluding hydrogens is 190 g/mol. The highest BCUT2D eigenvalue weighted by atomic mass is 32.2. The van der Waals surface area contributed by atoms with Gasteiger partial charge in [-0.1, -0.05) is 0 Å². The SMILES string of the molecule is CCOCC(O)CNCCS(C)=O. The molecule has 0 aromatic heterocycles. The first-order valence-corrected chi connectivity index (χ1v) is 6.16. The Morgan fingerprint density at radius 1 is 1.62 bits per heavy atom. The zero-order chi connectivity index (χ0) is 10.1. The van der Waals surface area contributed by atoms with Crippen molar-refractivity contribution in [3.8, 4) is 0 Å². The third-order valence-corrected chi connectivity index (χ3v) is 2.24. The average Bonchev–Trinajstić information content (AvgIpc) is 2.08. The molecule has 0 spiro atoms. The molecule has 0 bridgehead atoms. The van der Waals surface area contributed by atoms with Crippen molar-refractivity contribution < 1.29 is 14.1 Å². The first-order chi connectivity index (χ1) is 6.16. The molecule has 0 amide bonds. The Morgan fingerprint density at radius 2 is 2.31 bits per heavy atom. The Balaban J connectivity index is 3.16. The molecule has 0 heterocycles. The van der Waals surface area contributed by atoms with Crippen molar-refractivity contribution >= 4 is 10.8 Å². The van der Waals surface area contributed by atoms with E-state index in [0.717, 1.165) is 0 Å². The zero-order valence-corrected chi connectivity index (χ0v) is 9.10. The van der Waals surface area contributed by atoms with E-state index < -0.39 is 16.9 Å². The van der Waals surface area contributed by atoms with Crippen LogP contribution in [0.5, 0.6) is 0 Å². The van der Waals surface area contributed by atoms with Gasteiger partial charge in [0.1, 0.15) is 0 Å². The van der Waals surface area contributed by atoms with Gasteiger partial charge in [0.2, 0.25) is 0 Å². The maximum atomic E-state index is 10.6. The van der Waals surface area contributed by atoms with Gasteiger partial charge in [0, 0.05) is 42.5 Å². The molecule has 2 unspecified atom stereocenters. The molecule has 0 saturated carbocycles. The summed E-state index contributed by atoms with van der Waals surface area (Å²) in [6, 6.07) is 0. The second kappa shape index (κ2) is 8.62. The maximum Gasteiger partial charge on any atom is 0.0897 e. The lowest BCUT2D eigenvalue weighted by atomic mass is 10.4. The fraction of sp³-hybridized carbons (Fsp3) is 1.00. The van der Waals surface area contributed by atoms with Crippen molar-refractivity contribution in [2.45, 2.75) is 13.0 Å². The number of hydrogen-bond acceptors (Lipinski definition) is 4. The molecule has 0 aromatic carbocycles. The fourth-order valence-corrected chi connectivity index (χ4v) is 1.23. The van der Waals surface area contributed by atoms with Gasteiger partial charge in [0.05, 0.1) is 12.7 Å². The van der Waals surface area contributed by atoms with Crippen LogP contribution in [0.25, 0.3) is 0 Å². The standard InChI is InChI=1S/C8H19NO3S/c1-3-12-7-8(10)6-9-4-5-13(2)11/h8-10H,3-7H2,1-2H3. The van der Waals surface area contributed by atoms with Crippen molar-refractivity contribution in [3.63, 3.8) is 0 Å². The second-order valence-corrected chi connectivity index (χ2v) is 4.35. The van der Waals surface area contributed by atoms with Crippen LogP contribution < -0.4 is 5.32 Å². The lowest BCUT2D eigenvalue weighted by Gasteiger charge is -2.10. The van der Waals surface area contributed by atoms with Gasteiger partial charge >= 0.3 is 0 Å². The summed E-state index contributed by atoms with van der Waals surface area (Å²) in [7, 11) is -0.761. The largest absolute Gasteiger partial charge is 0.389 e. The highest BCUT2D eigenvalue weighted by Crippen LogP contribution is 1.83. The summed E-state index contributed by atoms with van der Waals surface area (Å²) in [5.74, 6) is 0.626. The van der Waals surface area contributed by atoms with Gasteiger partial charge in [0.15, 0.2) is 0 Å². The summed E-state index contributed by atoms with van der Waals surface area (Å²) in [4.78, 5) is 0. The third-order valence-electron chi connectivity index (χ3n) is 1.46. The number of rotatable bonds is 8. The molecule has 80 valence electrons. The predicted octanol–water partition coefficient (Wildman–Crippen LogP) is -0.648. The van der Waals surface area contributed by atoms with E-state index in [1.165, 1.54) is 0 Å². The van der Waals surface area contributed by atoms with Crippen LogP contribution in [-0.4, -0.2) is 53.7 Å². The van der Waals surface area contributed by atoms with Crippen LogP contribution in [0.4, 0.5) is 0 Å². The molecule has 0 aromatic rings. The van der Waals surface area contributed by atoms with Crippen LogP contribution in [-0.2, 0) is 15.5 Å². The van der Waals surface area contributed by atoms with Gasteiger partial charge < -0.3 is 15.2 Å². The summed E-state index contributed by atoms with van der Waals surface area (Å²) in [6.45, 7) is 4.04. The minimum Gasteiger partial charge on any atom is -0.389 e. The molecule has 0 aliphatic carbocycles. The molecular formula is C8H19NO3S. The summed E-state index contributed by atoms with van der Waals surface area (Å²) in [6.07, 6.45) is 1.20. The van der Waals surface area contributed by atoms with Crippen LogP contribution in [0.3, 0.4) is 0 Å². The Morgan fingerprint density at radius 3 is 2.85 bits per heavy atom. The van der Waals surface area contributed by atoms with E-state index in [1.807, 2.05) is 6.92 Å². The van der Waals surface area contributed by atoms with Crippen LogP contribution in [0, 0.1) is 0 Å². The molecule has 5 heteroatoms. The van der Waals surface area contributed by atoms with E-state index in [9.17, 15) is 9.32 Å². The zero-order valence-electron chi connectivity index (χ0n) is 8.28. The lowest BCUT2D eigenvalue weighted by Crippen LogP contribution is -2.32. The van der Waals surface area contributed by atoms with Crippen molar-refractivity contribution in [2.24, 2.45) is 0 Å². The molecule has 4 nitrogen and oxygen atoms in total. The quantitative estimate of drug-likeness (QED) is 0.522. The molecule has 0 saturated heterocycles. The number of hydrogen-bond donors (Lipinski definition) is 2. The fourth-order valence-electron chi connectivity index (χ4n) is 0.797. The van der Waals surface area contributed by atoms with Crippen molar-refractivity contribution in [3.05, 3.63) is 0 Å². The minimum atomic E-state index is -0.761. The smallest absolute Gasteiger partial charge is 0.0897 e. The number of ether oxygens (including phenoxy) is 1. The van der Waals surface area contributed by atoms with Gasteiger partial charge in [-0.25, -0.2) is 0 Å². The monoisotopic (exact) mass is 209 g/mol.